The number of allylic oxidation sites excluding steroid dienone is 1. The highest BCUT2D eigenvalue weighted by Gasteiger charge is 2.01. The molecule has 0 aliphatic carbocycles. The molecule has 2 aromatic heterocycles. The van der Waals surface area contributed by atoms with Gasteiger partial charge < -0.3 is 5.32 Å². The fourth-order valence-corrected chi connectivity index (χ4v) is 2.73. The Balaban J connectivity index is 1.77. The Bertz CT molecular complexity index is 870. The fourth-order valence-electron chi connectivity index (χ4n) is 1.86. The quantitative estimate of drug-likeness (QED) is 0.575. The lowest BCUT2D eigenvalue weighted by Gasteiger charge is -1.98. The van der Waals surface area contributed by atoms with Gasteiger partial charge in [0.25, 0.3) is 0 Å². The van der Waals surface area contributed by atoms with E-state index in [-0.39, 0.29) is 5.56 Å². The lowest BCUT2D eigenvalue weighted by molar-refractivity contribution is 0.582. The molecule has 0 amide bonds. The van der Waals surface area contributed by atoms with Crippen LogP contribution in [0, 0.1) is 17.8 Å². The molecule has 0 aliphatic rings. The number of pyridine rings is 1. The van der Waals surface area contributed by atoms with E-state index in [0.29, 0.717) is 5.82 Å². The summed E-state index contributed by atoms with van der Waals surface area (Å²) in [6.07, 6.45) is 3.49. The maximum atomic E-state index is 13.6. The molecule has 3 aromatic rings. The van der Waals surface area contributed by atoms with Gasteiger partial charge in [0.1, 0.15) is 10.8 Å². The first-order chi connectivity index (χ1) is 10.8. The number of rotatable bonds is 2. The van der Waals surface area contributed by atoms with Crippen molar-refractivity contribution in [2.45, 2.75) is 0 Å². The van der Waals surface area contributed by atoms with Crippen molar-refractivity contribution in [1.29, 1.82) is 0 Å². The van der Waals surface area contributed by atoms with Gasteiger partial charge in [-0.2, -0.15) is 4.39 Å². The first-order valence-corrected chi connectivity index (χ1v) is 7.46. The van der Waals surface area contributed by atoms with E-state index in [1.165, 1.54) is 0 Å². The number of halogens is 1. The Morgan fingerprint density at radius 3 is 2.82 bits per heavy atom. The summed E-state index contributed by atoms with van der Waals surface area (Å²) in [6.45, 7) is 0. The third-order valence-electron chi connectivity index (χ3n) is 2.93. The average molecular weight is 309 g/mol. The molecule has 0 fully saturated rings. The Morgan fingerprint density at radius 2 is 2.05 bits per heavy atom. The van der Waals surface area contributed by atoms with Crippen molar-refractivity contribution >= 4 is 33.4 Å². The molecule has 22 heavy (non-hydrogen) atoms. The molecule has 108 valence electrons. The fraction of sp³-hybridized carbons (Fsp3) is 0.0588. The van der Waals surface area contributed by atoms with E-state index in [1.807, 2.05) is 30.3 Å². The smallest absolute Gasteiger partial charge is 0.230 e. The van der Waals surface area contributed by atoms with Gasteiger partial charge in [0.15, 0.2) is 0 Å². The number of thiazole rings is 1. The number of benzene rings is 1. The van der Waals surface area contributed by atoms with Crippen LogP contribution in [-0.4, -0.2) is 17.0 Å². The lowest BCUT2D eigenvalue weighted by atomic mass is 10.2. The molecule has 3 nitrogen and oxygen atoms in total. The van der Waals surface area contributed by atoms with E-state index < -0.39 is 5.95 Å². The van der Waals surface area contributed by atoms with Crippen LogP contribution >= 0.6 is 11.3 Å². The van der Waals surface area contributed by atoms with Crippen LogP contribution in [-0.2, 0) is 0 Å². The van der Waals surface area contributed by atoms with Gasteiger partial charge in [0, 0.05) is 7.05 Å². The first kappa shape index (κ1) is 14.2. The molecule has 2 heterocycles. The van der Waals surface area contributed by atoms with Gasteiger partial charge in [0.05, 0.1) is 15.8 Å². The Hall–Kier alpha value is -2.71. The van der Waals surface area contributed by atoms with Crippen molar-refractivity contribution in [2.75, 3.05) is 12.4 Å². The normalized spacial score (nSPS) is 10.6. The number of anilines is 1. The zero-order valence-electron chi connectivity index (χ0n) is 11.8. The number of hydrogen-bond acceptors (Lipinski definition) is 4. The molecule has 1 aromatic carbocycles. The first-order valence-electron chi connectivity index (χ1n) is 6.64. The van der Waals surface area contributed by atoms with Gasteiger partial charge in [-0.25, -0.2) is 9.97 Å². The van der Waals surface area contributed by atoms with Crippen molar-refractivity contribution in [1.82, 2.24) is 9.97 Å². The molecule has 0 bridgehead atoms. The van der Waals surface area contributed by atoms with Crippen LogP contribution in [0.1, 0.15) is 10.6 Å². The predicted octanol–water partition coefficient (Wildman–Crippen LogP) is 3.94. The molecule has 0 spiro atoms. The van der Waals surface area contributed by atoms with Gasteiger partial charge in [-0.05, 0) is 36.4 Å². The van der Waals surface area contributed by atoms with Gasteiger partial charge in [-0.1, -0.05) is 24.0 Å². The van der Waals surface area contributed by atoms with Crippen LogP contribution in [0.5, 0.6) is 0 Å². The molecule has 0 aliphatic heterocycles. The molecular weight excluding hydrogens is 297 g/mol. The molecule has 0 saturated heterocycles. The number of aromatic nitrogens is 2. The third kappa shape index (κ3) is 3.13. The van der Waals surface area contributed by atoms with Crippen LogP contribution in [0.15, 0.2) is 42.5 Å². The molecule has 3 rings (SSSR count). The lowest BCUT2D eigenvalue weighted by Crippen LogP contribution is -1.96. The molecule has 5 heteroatoms. The van der Waals surface area contributed by atoms with Crippen molar-refractivity contribution in [2.24, 2.45) is 0 Å². The number of hydrogen-bond donors (Lipinski definition) is 1. The number of nitrogens with zero attached hydrogens (tertiary/aromatic N) is 2. The van der Waals surface area contributed by atoms with E-state index in [2.05, 4.69) is 27.1 Å². The highest BCUT2D eigenvalue weighted by Crippen LogP contribution is 2.22. The summed E-state index contributed by atoms with van der Waals surface area (Å²) >= 11 is 1.59. The van der Waals surface area contributed by atoms with E-state index >= 15 is 0 Å². The van der Waals surface area contributed by atoms with Crippen LogP contribution < -0.4 is 5.32 Å². The summed E-state index contributed by atoms with van der Waals surface area (Å²) in [4.78, 5) is 8.21. The second-order valence-corrected chi connectivity index (χ2v) is 5.47. The van der Waals surface area contributed by atoms with Crippen molar-refractivity contribution in [3.05, 3.63) is 59.0 Å². The topological polar surface area (TPSA) is 37.8 Å². The van der Waals surface area contributed by atoms with Crippen LogP contribution in [0.3, 0.4) is 0 Å². The van der Waals surface area contributed by atoms with E-state index in [0.717, 1.165) is 15.2 Å². The van der Waals surface area contributed by atoms with Crippen LogP contribution in [0.4, 0.5) is 10.2 Å². The van der Waals surface area contributed by atoms with Crippen molar-refractivity contribution in [3.8, 4) is 11.8 Å². The standard InChI is InChI=1S/C17H12FN3S/c1-19-15-11-10-12(17(18)21-15)6-2-5-9-16-20-13-7-3-4-8-14(13)22-16/h3-5,7-11H,1H3,(H,19,21)/b9-5+. The Kier molecular flexibility index (Phi) is 4.12. The van der Waals surface area contributed by atoms with Crippen LogP contribution in [0.25, 0.3) is 16.3 Å². The third-order valence-corrected chi connectivity index (χ3v) is 3.93. The van der Waals surface area contributed by atoms with Gasteiger partial charge in [-0.15, -0.1) is 11.3 Å². The van der Waals surface area contributed by atoms with E-state index in [1.54, 1.807) is 36.6 Å². The molecule has 0 unspecified atom stereocenters. The van der Waals surface area contributed by atoms with Gasteiger partial charge >= 0.3 is 0 Å². The second kappa shape index (κ2) is 6.37. The highest BCUT2D eigenvalue weighted by molar-refractivity contribution is 7.19. The maximum absolute atomic E-state index is 13.6. The molecule has 1 N–H and O–H groups in total. The Morgan fingerprint density at radius 1 is 1.18 bits per heavy atom. The second-order valence-electron chi connectivity index (χ2n) is 4.41. The van der Waals surface area contributed by atoms with Gasteiger partial charge in [0.2, 0.25) is 5.95 Å². The predicted molar refractivity (Wildman–Crippen MR) is 89.3 cm³/mol. The zero-order chi connectivity index (χ0) is 15.4. The SMILES string of the molecule is CNc1ccc(C#C/C=C/c2nc3ccccc3s2)c(F)n1. The summed E-state index contributed by atoms with van der Waals surface area (Å²) in [5.74, 6) is 5.46. The van der Waals surface area contributed by atoms with Crippen molar-refractivity contribution in [3.63, 3.8) is 0 Å². The summed E-state index contributed by atoms with van der Waals surface area (Å²) in [5.41, 5.74) is 1.24. The van der Waals surface area contributed by atoms with Crippen LogP contribution in [0.2, 0.25) is 0 Å². The number of para-hydroxylation sites is 1. The minimum absolute atomic E-state index is 0.271. The summed E-state index contributed by atoms with van der Waals surface area (Å²) in [7, 11) is 1.69. The summed E-state index contributed by atoms with van der Waals surface area (Å²) in [5, 5.41) is 3.65. The van der Waals surface area contributed by atoms with E-state index in [9.17, 15) is 4.39 Å². The Labute approximate surface area is 131 Å². The summed E-state index contributed by atoms with van der Waals surface area (Å²) in [6, 6.07) is 11.2. The monoisotopic (exact) mass is 309 g/mol. The molecule has 0 saturated carbocycles. The number of fused-ring (bicyclic) bond motifs is 1. The van der Waals surface area contributed by atoms with Crippen molar-refractivity contribution < 1.29 is 4.39 Å². The molecule has 0 atom stereocenters. The zero-order valence-corrected chi connectivity index (χ0v) is 12.6. The van der Waals surface area contributed by atoms with E-state index in [4.69, 9.17) is 0 Å². The average Bonchev–Trinajstić information content (AvgIpc) is 2.95. The minimum Gasteiger partial charge on any atom is -0.373 e. The molecular formula is C17H12FN3S. The largest absolute Gasteiger partial charge is 0.373 e. The van der Waals surface area contributed by atoms with Gasteiger partial charge in [-0.3, -0.25) is 0 Å². The number of nitrogens with one attached hydrogen (secondary N) is 1. The maximum Gasteiger partial charge on any atom is 0.230 e. The summed E-state index contributed by atoms with van der Waals surface area (Å²) < 4.78 is 14.8. The minimum atomic E-state index is -0.576. The highest BCUT2D eigenvalue weighted by atomic mass is 32.1. The molecule has 0 radical (unpaired) electrons.